The number of nitrogens with zero attached hydrogens (tertiary/aromatic N) is 1. The summed E-state index contributed by atoms with van der Waals surface area (Å²) in [6.07, 6.45) is 4.02. The lowest BCUT2D eigenvalue weighted by Gasteiger charge is -2.33. The summed E-state index contributed by atoms with van der Waals surface area (Å²) in [5.74, 6) is 1.40. The first kappa shape index (κ1) is 15.3. The van der Waals surface area contributed by atoms with Crippen molar-refractivity contribution in [2.24, 2.45) is 5.92 Å². The number of amides is 1. The number of rotatable bonds is 3. The van der Waals surface area contributed by atoms with Crippen LogP contribution < -0.4 is 10.1 Å². The molecule has 3 atom stereocenters. The van der Waals surface area contributed by atoms with Gasteiger partial charge in [-0.05, 0) is 45.2 Å². The number of carbonyl (C=O) groups excluding carboxylic acids is 1. The Kier molecular flexibility index (Phi) is 4.67. The molecule has 1 aromatic carbocycles. The SMILES string of the molecule is COc1ccccc1C1CCCN1C(=O)[C@H]1CCN[C@@H](C)C1. The molecule has 1 N–H and O–H groups in total. The van der Waals surface area contributed by atoms with E-state index in [2.05, 4.69) is 23.2 Å². The Balaban J connectivity index is 1.79. The molecule has 3 rings (SSSR count). The van der Waals surface area contributed by atoms with Gasteiger partial charge in [-0.1, -0.05) is 18.2 Å². The summed E-state index contributed by atoms with van der Waals surface area (Å²) in [6, 6.07) is 8.72. The van der Waals surface area contributed by atoms with Gasteiger partial charge < -0.3 is 15.0 Å². The van der Waals surface area contributed by atoms with Crippen LogP contribution in [-0.4, -0.2) is 37.0 Å². The predicted octanol–water partition coefficient (Wildman–Crippen LogP) is 2.75. The molecule has 1 unspecified atom stereocenters. The lowest BCUT2D eigenvalue weighted by atomic mass is 9.91. The number of piperidine rings is 1. The van der Waals surface area contributed by atoms with E-state index >= 15 is 0 Å². The molecule has 2 fully saturated rings. The van der Waals surface area contributed by atoms with E-state index < -0.39 is 0 Å². The van der Waals surface area contributed by atoms with Crippen LogP contribution in [0.2, 0.25) is 0 Å². The molecule has 1 aromatic rings. The van der Waals surface area contributed by atoms with Crippen molar-refractivity contribution in [3.05, 3.63) is 29.8 Å². The highest BCUT2D eigenvalue weighted by atomic mass is 16.5. The fourth-order valence-electron chi connectivity index (χ4n) is 3.89. The second-order valence-corrected chi connectivity index (χ2v) is 6.51. The van der Waals surface area contributed by atoms with E-state index in [4.69, 9.17) is 4.74 Å². The predicted molar refractivity (Wildman–Crippen MR) is 86.9 cm³/mol. The molecule has 4 nitrogen and oxygen atoms in total. The van der Waals surface area contributed by atoms with Crippen LogP contribution in [0.3, 0.4) is 0 Å². The molecule has 0 bridgehead atoms. The van der Waals surface area contributed by atoms with E-state index in [1.807, 2.05) is 18.2 Å². The van der Waals surface area contributed by atoms with Crippen molar-refractivity contribution >= 4 is 5.91 Å². The molecule has 2 saturated heterocycles. The van der Waals surface area contributed by atoms with Gasteiger partial charge in [-0.25, -0.2) is 0 Å². The molecule has 0 spiro atoms. The second-order valence-electron chi connectivity index (χ2n) is 6.51. The van der Waals surface area contributed by atoms with Crippen molar-refractivity contribution in [3.63, 3.8) is 0 Å². The van der Waals surface area contributed by atoms with Crippen LogP contribution in [0.1, 0.15) is 44.2 Å². The van der Waals surface area contributed by atoms with Crippen molar-refractivity contribution in [1.29, 1.82) is 0 Å². The van der Waals surface area contributed by atoms with Crippen molar-refractivity contribution in [3.8, 4) is 5.75 Å². The van der Waals surface area contributed by atoms with Crippen molar-refractivity contribution in [1.82, 2.24) is 10.2 Å². The van der Waals surface area contributed by atoms with Gasteiger partial charge in [0.2, 0.25) is 5.91 Å². The standard InChI is InChI=1S/C18H26N2O2/c1-13-12-14(9-10-19-13)18(21)20-11-5-7-16(20)15-6-3-4-8-17(15)22-2/h3-4,6,8,13-14,16,19H,5,7,9-12H2,1-2H3/t13-,14-,16?/m0/s1. The number of benzene rings is 1. The summed E-state index contributed by atoms with van der Waals surface area (Å²) in [7, 11) is 1.70. The summed E-state index contributed by atoms with van der Waals surface area (Å²) in [5, 5.41) is 3.43. The maximum Gasteiger partial charge on any atom is 0.226 e. The van der Waals surface area contributed by atoms with E-state index in [-0.39, 0.29) is 12.0 Å². The highest BCUT2D eigenvalue weighted by molar-refractivity contribution is 5.80. The molecule has 120 valence electrons. The fraction of sp³-hybridized carbons (Fsp3) is 0.611. The lowest BCUT2D eigenvalue weighted by Crippen LogP contribution is -2.44. The van der Waals surface area contributed by atoms with Crippen LogP contribution in [0.5, 0.6) is 5.75 Å². The highest BCUT2D eigenvalue weighted by Crippen LogP contribution is 2.38. The van der Waals surface area contributed by atoms with Gasteiger partial charge in [-0.3, -0.25) is 4.79 Å². The van der Waals surface area contributed by atoms with Crippen LogP contribution in [0, 0.1) is 5.92 Å². The first-order valence-electron chi connectivity index (χ1n) is 8.37. The minimum Gasteiger partial charge on any atom is -0.496 e. The summed E-state index contributed by atoms with van der Waals surface area (Å²) in [5.41, 5.74) is 1.15. The van der Waals surface area contributed by atoms with E-state index in [1.165, 1.54) is 0 Å². The molecule has 22 heavy (non-hydrogen) atoms. The molecule has 0 aromatic heterocycles. The fourth-order valence-corrected chi connectivity index (χ4v) is 3.89. The first-order chi connectivity index (χ1) is 10.7. The Labute approximate surface area is 132 Å². The van der Waals surface area contributed by atoms with Gasteiger partial charge in [0.25, 0.3) is 0 Å². The Morgan fingerprint density at radius 3 is 2.91 bits per heavy atom. The molecular weight excluding hydrogens is 276 g/mol. The number of hydrogen-bond donors (Lipinski definition) is 1. The van der Waals surface area contributed by atoms with Crippen molar-refractivity contribution in [2.75, 3.05) is 20.2 Å². The maximum absolute atomic E-state index is 13.0. The molecular formula is C18H26N2O2. The van der Waals surface area contributed by atoms with E-state index in [0.717, 1.165) is 50.1 Å². The molecule has 0 saturated carbocycles. The Bertz CT molecular complexity index is 532. The molecule has 4 heteroatoms. The Morgan fingerprint density at radius 2 is 2.14 bits per heavy atom. The van der Waals surface area contributed by atoms with Gasteiger partial charge in [0, 0.05) is 24.1 Å². The third-order valence-electron chi connectivity index (χ3n) is 5.01. The van der Waals surface area contributed by atoms with E-state index in [0.29, 0.717) is 11.9 Å². The van der Waals surface area contributed by atoms with Crippen molar-refractivity contribution in [2.45, 2.75) is 44.7 Å². The zero-order valence-electron chi connectivity index (χ0n) is 13.5. The summed E-state index contributed by atoms with van der Waals surface area (Å²) >= 11 is 0. The molecule has 0 radical (unpaired) electrons. The molecule has 2 aliphatic rings. The quantitative estimate of drug-likeness (QED) is 0.933. The van der Waals surface area contributed by atoms with E-state index in [9.17, 15) is 4.79 Å². The molecule has 2 aliphatic heterocycles. The molecule has 2 heterocycles. The minimum atomic E-state index is 0.173. The number of para-hydroxylation sites is 1. The zero-order valence-corrected chi connectivity index (χ0v) is 13.5. The molecule has 0 aliphatic carbocycles. The monoisotopic (exact) mass is 302 g/mol. The third-order valence-corrected chi connectivity index (χ3v) is 5.01. The number of methoxy groups -OCH3 is 1. The van der Waals surface area contributed by atoms with Crippen LogP contribution in [0.25, 0.3) is 0 Å². The van der Waals surface area contributed by atoms with Gasteiger partial charge in [0.1, 0.15) is 5.75 Å². The van der Waals surface area contributed by atoms with Gasteiger partial charge in [0.05, 0.1) is 13.2 Å². The van der Waals surface area contributed by atoms with E-state index in [1.54, 1.807) is 7.11 Å². The minimum absolute atomic E-state index is 0.173. The Hall–Kier alpha value is -1.55. The number of likely N-dealkylation sites (tertiary alicyclic amines) is 1. The number of ether oxygens (including phenoxy) is 1. The Morgan fingerprint density at radius 1 is 1.32 bits per heavy atom. The highest BCUT2D eigenvalue weighted by Gasteiger charge is 2.36. The van der Waals surface area contributed by atoms with Crippen molar-refractivity contribution < 1.29 is 9.53 Å². The van der Waals surface area contributed by atoms with Crippen LogP contribution in [0.4, 0.5) is 0 Å². The van der Waals surface area contributed by atoms with Gasteiger partial charge in [0.15, 0.2) is 0 Å². The largest absolute Gasteiger partial charge is 0.496 e. The zero-order chi connectivity index (χ0) is 15.5. The summed E-state index contributed by atoms with van der Waals surface area (Å²) < 4.78 is 5.50. The first-order valence-corrected chi connectivity index (χ1v) is 8.37. The van der Waals surface area contributed by atoms with Crippen LogP contribution >= 0.6 is 0 Å². The molecule has 1 amide bonds. The number of carbonyl (C=O) groups is 1. The maximum atomic E-state index is 13.0. The third kappa shape index (κ3) is 2.98. The average molecular weight is 302 g/mol. The smallest absolute Gasteiger partial charge is 0.226 e. The summed E-state index contributed by atoms with van der Waals surface area (Å²) in [6.45, 7) is 3.99. The number of nitrogens with one attached hydrogen (secondary N) is 1. The second kappa shape index (κ2) is 6.69. The summed E-state index contributed by atoms with van der Waals surface area (Å²) in [4.78, 5) is 15.1. The average Bonchev–Trinajstić information content (AvgIpc) is 3.03. The number of hydrogen-bond acceptors (Lipinski definition) is 3. The van der Waals surface area contributed by atoms with Crippen LogP contribution in [0.15, 0.2) is 24.3 Å². The van der Waals surface area contributed by atoms with Gasteiger partial charge in [-0.2, -0.15) is 0 Å². The topological polar surface area (TPSA) is 41.6 Å². The van der Waals surface area contributed by atoms with Gasteiger partial charge >= 0.3 is 0 Å². The van der Waals surface area contributed by atoms with Crippen LogP contribution in [-0.2, 0) is 4.79 Å². The normalized spacial score (nSPS) is 28.6. The van der Waals surface area contributed by atoms with Gasteiger partial charge in [-0.15, -0.1) is 0 Å². The lowest BCUT2D eigenvalue weighted by molar-refractivity contribution is -0.137.